The molecule has 1 aliphatic rings. The third-order valence-electron chi connectivity index (χ3n) is 3.92. The predicted molar refractivity (Wildman–Crippen MR) is 78.8 cm³/mol. The highest BCUT2D eigenvalue weighted by Crippen LogP contribution is 2.34. The van der Waals surface area contributed by atoms with Crippen LogP contribution in [0.3, 0.4) is 0 Å². The molecule has 0 atom stereocenters. The van der Waals surface area contributed by atoms with E-state index < -0.39 is 0 Å². The summed E-state index contributed by atoms with van der Waals surface area (Å²) < 4.78 is 27.4. The average molecular weight is 338 g/mol. The highest BCUT2D eigenvalue weighted by atomic mass is 79.9. The summed E-state index contributed by atoms with van der Waals surface area (Å²) in [7, 11) is 0. The Hall–Kier alpha value is -1.26. The summed E-state index contributed by atoms with van der Waals surface area (Å²) >= 11 is 3.47. The molecule has 0 spiro atoms. The summed E-state index contributed by atoms with van der Waals surface area (Å²) in [5, 5.41) is 3.27. The fraction of sp³-hybridized carbons (Fsp3) is 0.250. The number of benzene rings is 2. The molecule has 4 heteroatoms. The van der Waals surface area contributed by atoms with Crippen molar-refractivity contribution in [3.05, 3.63) is 69.7 Å². The molecule has 0 unspecified atom stereocenters. The predicted octanol–water partition coefficient (Wildman–Crippen LogP) is 3.81. The monoisotopic (exact) mass is 337 g/mol. The van der Waals surface area contributed by atoms with E-state index in [-0.39, 0.29) is 17.0 Å². The van der Waals surface area contributed by atoms with Gasteiger partial charge in [-0.1, -0.05) is 28.1 Å². The zero-order valence-electron chi connectivity index (χ0n) is 10.8. The fourth-order valence-electron chi connectivity index (χ4n) is 2.70. The third-order valence-corrected chi connectivity index (χ3v) is 4.69. The van der Waals surface area contributed by atoms with Gasteiger partial charge in [-0.2, -0.15) is 0 Å². The van der Waals surface area contributed by atoms with Crippen molar-refractivity contribution in [2.24, 2.45) is 0 Å². The van der Waals surface area contributed by atoms with Gasteiger partial charge in [0, 0.05) is 23.0 Å². The summed E-state index contributed by atoms with van der Waals surface area (Å²) in [6.45, 7) is 1.64. The highest BCUT2D eigenvalue weighted by molar-refractivity contribution is 9.10. The lowest BCUT2D eigenvalue weighted by Gasteiger charge is -2.43. The van der Waals surface area contributed by atoms with Crippen molar-refractivity contribution in [1.29, 1.82) is 0 Å². The van der Waals surface area contributed by atoms with Crippen molar-refractivity contribution in [1.82, 2.24) is 5.32 Å². The normalized spacial score (nSPS) is 16.8. The van der Waals surface area contributed by atoms with E-state index in [1.807, 2.05) is 12.1 Å². The smallest absolute Gasteiger partial charge is 0.123 e. The van der Waals surface area contributed by atoms with Gasteiger partial charge in [0.15, 0.2) is 0 Å². The standard InChI is InChI=1S/C16H14BrF2N/c17-15-6-5-14(19)7-11(15)8-16(9-20-10-16)12-1-3-13(18)4-2-12/h1-7,20H,8-10H2. The molecule has 0 amide bonds. The molecule has 1 fully saturated rings. The van der Waals surface area contributed by atoms with E-state index in [9.17, 15) is 8.78 Å². The van der Waals surface area contributed by atoms with Gasteiger partial charge in [-0.15, -0.1) is 0 Å². The average Bonchev–Trinajstić information content (AvgIpc) is 2.39. The van der Waals surface area contributed by atoms with Crippen LogP contribution in [0, 0.1) is 11.6 Å². The first-order valence-electron chi connectivity index (χ1n) is 6.50. The Morgan fingerprint density at radius 1 is 1.00 bits per heavy atom. The fourth-order valence-corrected chi connectivity index (χ4v) is 3.09. The molecule has 2 aromatic rings. The Labute approximate surface area is 125 Å². The van der Waals surface area contributed by atoms with E-state index in [1.165, 1.54) is 18.2 Å². The van der Waals surface area contributed by atoms with Gasteiger partial charge >= 0.3 is 0 Å². The number of rotatable bonds is 3. The first-order chi connectivity index (χ1) is 9.59. The second-order valence-corrected chi connectivity index (χ2v) is 6.16. The van der Waals surface area contributed by atoms with Gasteiger partial charge in [-0.25, -0.2) is 8.78 Å². The molecule has 1 nitrogen and oxygen atoms in total. The van der Waals surface area contributed by atoms with Crippen LogP contribution >= 0.6 is 15.9 Å². The molecule has 3 rings (SSSR count). The van der Waals surface area contributed by atoms with Gasteiger partial charge in [0.05, 0.1) is 0 Å². The lowest BCUT2D eigenvalue weighted by atomic mass is 9.71. The van der Waals surface area contributed by atoms with Crippen LogP contribution in [0.4, 0.5) is 8.78 Å². The van der Waals surface area contributed by atoms with Crippen LogP contribution in [-0.4, -0.2) is 13.1 Å². The maximum atomic E-state index is 13.4. The largest absolute Gasteiger partial charge is 0.315 e. The van der Waals surface area contributed by atoms with Crippen LogP contribution in [0.25, 0.3) is 0 Å². The molecule has 2 aromatic carbocycles. The topological polar surface area (TPSA) is 12.0 Å². The summed E-state index contributed by atoms with van der Waals surface area (Å²) in [4.78, 5) is 0. The molecule has 0 aliphatic carbocycles. The quantitative estimate of drug-likeness (QED) is 0.897. The molecule has 0 aromatic heterocycles. The van der Waals surface area contributed by atoms with Crippen molar-refractivity contribution in [3.8, 4) is 0 Å². The van der Waals surface area contributed by atoms with Gasteiger partial charge in [0.1, 0.15) is 11.6 Å². The minimum atomic E-state index is -0.233. The maximum absolute atomic E-state index is 13.4. The molecule has 1 aliphatic heterocycles. The van der Waals surface area contributed by atoms with Gasteiger partial charge < -0.3 is 5.32 Å². The second-order valence-electron chi connectivity index (χ2n) is 5.30. The van der Waals surface area contributed by atoms with Gasteiger partial charge in [-0.3, -0.25) is 0 Å². The van der Waals surface area contributed by atoms with E-state index in [0.717, 1.165) is 35.1 Å². The lowest BCUT2D eigenvalue weighted by molar-refractivity contribution is 0.274. The molecule has 1 saturated heterocycles. The zero-order chi connectivity index (χ0) is 14.2. The van der Waals surface area contributed by atoms with E-state index in [1.54, 1.807) is 12.1 Å². The molecular weight excluding hydrogens is 324 g/mol. The Kier molecular flexibility index (Phi) is 3.61. The SMILES string of the molecule is Fc1ccc(C2(Cc3cc(F)ccc3Br)CNC2)cc1. The summed E-state index contributed by atoms with van der Waals surface area (Å²) in [6.07, 6.45) is 0.726. The summed E-state index contributed by atoms with van der Waals surface area (Å²) in [6, 6.07) is 11.3. The number of hydrogen-bond donors (Lipinski definition) is 1. The Balaban J connectivity index is 1.93. The van der Waals surface area contributed by atoms with E-state index in [0.29, 0.717) is 0 Å². The van der Waals surface area contributed by atoms with E-state index >= 15 is 0 Å². The molecule has 0 saturated carbocycles. The minimum Gasteiger partial charge on any atom is -0.315 e. The molecule has 1 N–H and O–H groups in total. The van der Waals surface area contributed by atoms with Crippen LogP contribution in [0.2, 0.25) is 0 Å². The van der Waals surface area contributed by atoms with E-state index in [4.69, 9.17) is 0 Å². The Morgan fingerprint density at radius 2 is 1.65 bits per heavy atom. The first kappa shape index (κ1) is 13.7. The van der Waals surface area contributed by atoms with Crippen molar-refractivity contribution in [3.63, 3.8) is 0 Å². The van der Waals surface area contributed by atoms with Crippen LogP contribution < -0.4 is 5.32 Å². The molecule has 1 heterocycles. The Bertz CT molecular complexity index is 621. The number of nitrogens with one attached hydrogen (secondary N) is 1. The first-order valence-corrected chi connectivity index (χ1v) is 7.29. The maximum Gasteiger partial charge on any atom is 0.123 e. The van der Waals surface area contributed by atoms with Gasteiger partial charge in [0.2, 0.25) is 0 Å². The van der Waals surface area contributed by atoms with Crippen molar-refractivity contribution >= 4 is 15.9 Å². The molecular formula is C16H14BrF2N. The van der Waals surface area contributed by atoms with Gasteiger partial charge in [-0.05, 0) is 47.9 Å². The van der Waals surface area contributed by atoms with E-state index in [2.05, 4.69) is 21.2 Å². The summed E-state index contributed by atoms with van der Waals surface area (Å²) in [5.41, 5.74) is 1.95. The van der Waals surface area contributed by atoms with Crippen molar-refractivity contribution < 1.29 is 8.78 Å². The van der Waals surface area contributed by atoms with Crippen LogP contribution in [0.15, 0.2) is 46.9 Å². The van der Waals surface area contributed by atoms with Crippen molar-refractivity contribution in [2.75, 3.05) is 13.1 Å². The number of halogens is 3. The Morgan fingerprint density at radius 3 is 2.25 bits per heavy atom. The lowest BCUT2D eigenvalue weighted by Crippen LogP contribution is -2.58. The molecule has 104 valence electrons. The molecule has 0 radical (unpaired) electrons. The van der Waals surface area contributed by atoms with Crippen LogP contribution in [-0.2, 0) is 11.8 Å². The highest BCUT2D eigenvalue weighted by Gasteiger charge is 2.39. The van der Waals surface area contributed by atoms with Crippen LogP contribution in [0.1, 0.15) is 11.1 Å². The van der Waals surface area contributed by atoms with Crippen LogP contribution in [0.5, 0.6) is 0 Å². The molecule has 0 bridgehead atoms. The molecule has 20 heavy (non-hydrogen) atoms. The third kappa shape index (κ3) is 2.50. The summed E-state index contributed by atoms with van der Waals surface area (Å²) in [5.74, 6) is -0.465. The van der Waals surface area contributed by atoms with Crippen molar-refractivity contribution in [2.45, 2.75) is 11.8 Å². The number of hydrogen-bond acceptors (Lipinski definition) is 1. The minimum absolute atomic E-state index is 0.0794. The zero-order valence-corrected chi connectivity index (χ0v) is 12.4. The van der Waals surface area contributed by atoms with Gasteiger partial charge in [0.25, 0.3) is 0 Å². The second kappa shape index (κ2) is 5.26.